The van der Waals surface area contributed by atoms with Crippen molar-refractivity contribution in [3.8, 4) is 0 Å². The lowest BCUT2D eigenvalue weighted by Gasteiger charge is -2.20. The fourth-order valence-corrected chi connectivity index (χ4v) is 5.17. The van der Waals surface area contributed by atoms with Gasteiger partial charge in [-0.05, 0) is 72.0 Å². The van der Waals surface area contributed by atoms with E-state index in [-0.39, 0.29) is 17.3 Å². The molecule has 3 aromatic carbocycles. The van der Waals surface area contributed by atoms with E-state index in [4.69, 9.17) is 15.0 Å². The van der Waals surface area contributed by atoms with Crippen LogP contribution in [0.3, 0.4) is 0 Å². The van der Waals surface area contributed by atoms with E-state index < -0.39 is 69.1 Å². The zero-order valence-electron chi connectivity index (χ0n) is 24.1. The highest BCUT2D eigenvalue weighted by atomic mass is 32.2. The molecule has 1 aromatic heterocycles. The number of benzene rings is 3. The predicted molar refractivity (Wildman–Crippen MR) is 157 cm³/mol. The van der Waals surface area contributed by atoms with Gasteiger partial charge in [0.15, 0.2) is 5.78 Å². The fourth-order valence-electron chi connectivity index (χ4n) is 4.78. The maximum Gasteiger partial charge on any atom is 0.417 e. The smallest absolute Gasteiger partial charge is 0.417 e. The molecule has 0 spiro atoms. The van der Waals surface area contributed by atoms with Crippen molar-refractivity contribution >= 4 is 44.3 Å². The summed E-state index contributed by atoms with van der Waals surface area (Å²) in [5.74, 6) is -2.23. The van der Waals surface area contributed by atoms with Crippen molar-refractivity contribution in [3.05, 3.63) is 99.8 Å². The molecule has 4 aromatic rings. The van der Waals surface area contributed by atoms with Crippen molar-refractivity contribution in [1.29, 1.82) is 5.41 Å². The molecule has 16 heteroatoms. The maximum absolute atomic E-state index is 13.5. The van der Waals surface area contributed by atoms with Crippen LogP contribution in [0.2, 0.25) is 0 Å². The molecule has 0 aliphatic heterocycles. The second-order valence-electron chi connectivity index (χ2n) is 10.3. The number of carbonyl (C=O) groups excluding carboxylic acids is 2. The fraction of sp³-hybridized carbons (Fsp3) is 0.233. The van der Waals surface area contributed by atoms with Crippen LogP contribution in [0.1, 0.15) is 63.1 Å². The number of amides is 1. The van der Waals surface area contributed by atoms with Gasteiger partial charge < -0.3 is 15.1 Å². The number of hydrogen-bond donors (Lipinski definition) is 4. The third kappa shape index (κ3) is 7.74. The van der Waals surface area contributed by atoms with E-state index >= 15 is 0 Å². The topological polar surface area (TPSA) is 155 Å². The highest BCUT2D eigenvalue weighted by Crippen LogP contribution is 2.38. The Morgan fingerprint density at radius 1 is 0.978 bits per heavy atom. The molecule has 9 nitrogen and oxygen atoms in total. The second kappa shape index (κ2) is 12.6. The van der Waals surface area contributed by atoms with Crippen LogP contribution in [-0.4, -0.2) is 25.8 Å². The van der Waals surface area contributed by atoms with Crippen LogP contribution >= 0.6 is 0 Å². The van der Waals surface area contributed by atoms with Crippen LogP contribution < -0.4 is 15.2 Å². The third-order valence-corrected chi connectivity index (χ3v) is 7.51. The summed E-state index contributed by atoms with van der Waals surface area (Å²) in [5, 5.41) is 16.9. The summed E-state index contributed by atoms with van der Waals surface area (Å²) in [5.41, 5.74) is -1.95. The van der Waals surface area contributed by atoms with Crippen molar-refractivity contribution < 1.29 is 48.8 Å². The normalized spacial score (nSPS) is 13.0. The molecule has 46 heavy (non-hydrogen) atoms. The van der Waals surface area contributed by atoms with Crippen LogP contribution in [0.25, 0.3) is 11.0 Å². The second-order valence-corrected chi connectivity index (χ2v) is 11.6. The number of carbonyl (C=O) groups is 2. The monoisotopic (exact) mass is 668 g/mol. The minimum atomic E-state index is -5.26. The van der Waals surface area contributed by atoms with Crippen molar-refractivity contribution in [2.45, 2.75) is 45.1 Å². The van der Waals surface area contributed by atoms with Crippen LogP contribution in [0.15, 0.2) is 65.3 Å². The number of hydrogen-bond acceptors (Lipinski definition) is 7. The summed E-state index contributed by atoms with van der Waals surface area (Å²) < 4.78 is 110. The molecule has 0 radical (unpaired) electrons. The number of anilines is 1. The van der Waals surface area contributed by atoms with Gasteiger partial charge in [0.1, 0.15) is 11.6 Å². The molecule has 1 atom stereocenters. The number of aryl methyl sites for hydroxylation is 2. The quantitative estimate of drug-likeness (QED) is 0.0865. The number of alkyl halides is 6. The van der Waals surface area contributed by atoms with E-state index in [2.05, 4.69) is 5.32 Å². The van der Waals surface area contributed by atoms with Crippen molar-refractivity contribution in [3.63, 3.8) is 0 Å². The van der Waals surface area contributed by atoms with E-state index in [1.165, 1.54) is 24.3 Å². The maximum atomic E-state index is 13.5. The Balaban J connectivity index is 1.60. The van der Waals surface area contributed by atoms with E-state index in [1.807, 2.05) is 6.92 Å². The Morgan fingerprint density at radius 3 is 2.20 bits per heavy atom. The summed E-state index contributed by atoms with van der Waals surface area (Å²) in [6, 6.07) is 8.09. The lowest BCUT2D eigenvalue weighted by Crippen LogP contribution is -2.41. The summed E-state index contributed by atoms with van der Waals surface area (Å²) in [4.78, 5) is 25.8. The molecule has 0 fully saturated rings. The molecule has 1 heterocycles. The number of ketones is 1. The van der Waals surface area contributed by atoms with Gasteiger partial charge in [-0.25, -0.2) is 9.86 Å². The molecule has 5 N–H and O–H groups in total. The van der Waals surface area contributed by atoms with Gasteiger partial charge in [0.25, 0.3) is 16.1 Å². The van der Waals surface area contributed by atoms with E-state index in [1.54, 1.807) is 30.0 Å². The number of rotatable bonds is 10. The molecule has 4 rings (SSSR count). The molecule has 0 aliphatic carbocycles. The van der Waals surface area contributed by atoms with Crippen LogP contribution in [0, 0.1) is 12.3 Å². The molecule has 0 saturated heterocycles. The Morgan fingerprint density at radius 2 is 1.63 bits per heavy atom. The number of fused-ring (bicyclic) bond motifs is 1. The SMILES string of the molecule is CCc1cc(C(Nc2ccc(C(=N)CC(=O)c3ccc(C(F)(F)F)cc3C(F)(F)F)cc2)C(=O)NS(N)(=O)=O)cc2c(C)coc12. The van der Waals surface area contributed by atoms with Gasteiger partial charge in [0.05, 0.1) is 23.8 Å². The average molecular weight is 669 g/mol. The molecular weight excluding hydrogens is 642 g/mol. The largest absolute Gasteiger partial charge is 0.464 e. The van der Waals surface area contributed by atoms with E-state index in [9.17, 15) is 44.3 Å². The van der Waals surface area contributed by atoms with E-state index in [0.29, 0.717) is 35.1 Å². The zero-order valence-corrected chi connectivity index (χ0v) is 24.9. The molecule has 0 saturated carbocycles. The summed E-state index contributed by atoms with van der Waals surface area (Å²) in [7, 11) is -4.44. The lowest BCUT2D eigenvalue weighted by molar-refractivity contribution is -0.143. The first kappa shape index (κ1) is 34.2. The van der Waals surface area contributed by atoms with Gasteiger partial charge in [0.2, 0.25) is 0 Å². The standard InChI is InChI=1S/C30H26F6N4O5S/c1-3-16-10-18(11-22-15(2)14-45-27(16)22)26(28(42)40-46(38,43)44)39-20-7-4-17(5-8-20)24(37)13-25(41)21-9-6-19(29(31,32)33)12-23(21)30(34,35)36/h4-12,14,26,37,39H,3,13H2,1-2H3,(H,40,42)(H2,38,43,44). The number of nitrogens with one attached hydrogen (secondary N) is 3. The first-order valence-electron chi connectivity index (χ1n) is 13.4. The highest BCUT2D eigenvalue weighted by Gasteiger charge is 2.39. The number of furan rings is 1. The molecular formula is C30H26F6N4O5S. The summed E-state index contributed by atoms with van der Waals surface area (Å²) in [6.45, 7) is 3.66. The lowest BCUT2D eigenvalue weighted by atomic mass is 9.95. The first-order valence-corrected chi connectivity index (χ1v) is 14.9. The molecule has 0 bridgehead atoms. The number of nitrogens with two attached hydrogens (primary N) is 1. The number of halogens is 6. The zero-order chi connectivity index (χ0) is 34.2. The predicted octanol–water partition coefficient (Wildman–Crippen LogP) is 6.45. The summed E-state index contributed by atoms with van der Waals surface area (Å²) >= 11 is 0. The average Bonchev–Trinajstić information content (AvgIpc) is 3.33. The minimum Gasteiger partial charge on any atom is -0.464 e. The van der Waals surface area contributed by atoms with Gasteiger partial charge >= 0.3 is 12.4 Å². The Labute approximate surface area is 258 Å². The molecule has 1 amide bonds. The van der Waals surface area contributed by atoms with Gasteiger partial charge in [-0.1, -0.05) is 25.1 Å². The number of Topliss-reactive ketones (excluding diaryl/α,β-unsaturated/α-hetero) is 1. The Hall–Kier alpha value is -4.70. The van der Waals surface area contributed by atoms with Gasteiger partial charge in [-0.2, -0.15) is 34.8 Å². The Kier molecular flexibility index (Phi) is 9.36. The van der Waals surface area contributed by atoms with Crippen LogP contribution in [-0.2, 0) is 33.8 Å². The minimum absolute atomic E-state index is 0.0913. The Bertz CT molecular complexity index is 1930. The van der Waals surface area contributed by atoms with Crippen molar-refractivity contribution in [2.24, 2.45) is 5.14 Å². The molecule has 1 unspecified atom stereocenters. The third-order valence-electron chi connectivity index (χ3n) is 7.02. The first-order chi connectivity index (χ1) is 21.3. The van der Waals surface area contributed by atoms with Crippen LogP contribution in [0.4, 0.5) is 32.0 Å². The van der Waals surface area contributed by atoms with Gasteiger partial charge in [-0.15, -0.1) is 0 Å². The van der Waals surface area contributed by atoms with Gasteiger partial charge in [-0.3, -0.25) is 9.59 Å². The highest BCUT2D eigenvalue weighted by molar-refractivity contribution is 7.87. The van der Waals surface area contributed by atoms with Crippen molar-refractivity contribution in [2.75, 3.05) is 5.32 Å². The van der Waals surface area contributed by atoms with E-state index in [0.717, 1.165) is 11.1 Å². The van der Waals surface area contributed by atoms with Crippen molar-refractivity contribution in [1.82, 2.24) is 4.72 Å². The van der Waals surface area contributed by atoms with Crippen LogP contribution in [0.5, 0.6) is 0 Å². The summed E-state index contributed by atoms with van der Waals surface area (Å²) in [6.07, 6.45) is -9.11. The molecule has 0 aliphatic rings. The van der Waals surface area contributed by atoms with Gasteiger partial charge in [0, 0.05) is 22.3 Å². The molecule has 244 valence electrons.